The molecular weight excluding hydrogens is 368 g/mol. The van der Waals surface area contributed by atoms with Crippen LogP contribution in [-0.4, -0.2) is 14.5 Å². The van der Waals surface area contributed by atoms with Crippen molar-refractivity contribution in [2.75, 3.05) is 0 Å². The van der Waals surface area contributed by atoms with Crippen LogP contribution >= 0.6 is 0 Å². The summed E-state index contributed by atoms with van der Waals surface area (Å²) in [5.41, 5.74) is 0.947. The first kappa shape index (κ1) is 19.3. The van der Waals surface area contributed by atoms with Gasteiger partial charge in [0.05, 0.1) is 4.90 Å². The van der Waals surface area contributed by atoms with Gasteiger partial charge in [0.15, 0.2) is 0 Å². The Labute approximate surface area is 168 Å². The maximum Gasteiger partial charge on any atom is 0.210 e. The zero-order valence-electron chi connectivity index (χ0n) is 16.8. The molecule has 2 aliphatic carbocycles. The number of hydrogen-bond donors (Lipinski definition) is 0. The van der Waals surface area contributed by atoms with Crippen molar-refractivity contribution in [2.24, 2.45) is 16.7 Å². The Bertz CT molecular complexity index is 977. The van der Waals surface area contributed by atoms with Crippen molar-refractivity contribution in [3.05, 3.63) is 72.5 Å². The zero-order chi connectivity index (χ0) is 20.0. The maximum atomic E-state index is 13.4. The summed E-state index contributed by atoms with van der Waals surface area (Å²) in [5.74, 6) is 0.641. The summed E-state index contributed by atoms with van der Waals surface area (Å²) in [4.78, 5) is 0.511. The average molecular weight is 397 g/mol. The SMILES string of the molecule is CC1(C)[C@H]2CC[C@]1(C)[C@H](O/C=C(/c1ccccc1)S(=O)(=O)c1ccccc1)C2. The van der Waals surface area contributed by atoms with Crippen molar-refractivity contribution in [3.8, 4) is 0 Å². The van der Waals surface area contributed by atoms with Gasteiger partial charge < -0.3 is 4.74 Å². The van der Waals surface area contributed by atoms with Crippen LogP contribution in [0.4, 0.5) is 0 Å². The van der Waals surface area contributed by atoms with Crippen LogP contribution in [0, 0.1) is 16.7 Å². The molecule has 4 rings (SSSR count). The lowest BCUT2D eigenvalue weighted by Gasteiger charge is -2.38. The average Bonchev–Trinajstić information content (AvgIpc) is 3.03. The van der Waals surface area contributed by atoms with Crippen molar-refractivity contribution in [1.29, 1.82) is 0 Å². The molecule has 2 saturated carbocycles. The predicted octanol–water partition coefficient (Wildman–Crippen LogP) is 5.69. The monoisotopic (exact) mass is 396 g/mol. The number of benzene rings is 2. The zero-order valence-corrected chi connectivity index (χ0v) is 17.6. The Morgan fingerprint density at radius 2 is 1.61 bits per heavy atom. The molecular formula is C24H28O3S. The van der Waals surface area contributed by atoms with Crippen LogP contribution in [0.1, 0.15) is 45.6 Å². The van der Waals surface area contributed by atoms with Gasteiger partial charge >= 0.3 is 0 Å². The smallest absolute Gasteiger partial charge is 0.210 e. The summed E-state index contributed by atoms with van der Waals surface area (Å²) >= 11 is 0. The first-order valence-electron chi connectivity index (χ1n) is 9.98. The summed E-state index contributed by atoms with van der Waals surface area (Å²) in [6, 6.07) is 17.8. The molecule has 4 heteroatoms. The molecule has 0 saturated heterocycles. The highest BCUT2D eigenvalue weighted by Gasteiger charge is 2.62. The second-order valence-electron chi connectivity index (χ2n) is 8.90. The minimum atomic E-state index is -3.67. The van der Waals surface area contributed by atoms with E-state index in [1.165, 1.54) is 12.7 Å². The Morgan fingerprint density at radius 1 is 1.00 bits per heavy atom. The number of hydrogen-bond acceptors (Lipinski definition) is 3. The first-order chi connectivity index (χ1) is 13.3. The third-order valence-electron chi connectivity index (χ3n) is 7.45. The van der Waals surface area contributed by atoms with Crippen molar-refractivity contribution in [2.45, 2.75) is 51.0 Å². The molecule has 2 aromatic rings. The third-order valence-corrected chi connectivity index (χ3v) is 9.26. The fraction of sp³-hybridized carbons (Fsp3) is 0.417. The molecule has 2 bridgehead atoms. The summed E-state index contributed by atoms with van der Waals surface area (Å²) < 4.78 is 33.0. The fourth-order valence-corrected chi connectivity index (χ4v) is 6.49. The molecule has 0 heterocycles. The molecule has 0 spiro atoms. The predicted molar refractivity (Wildman–Crippen MR) is 112 cm³/mol. The van der Waals surface area contributed by atoms with Crippen molar-refractivity contribution >= 4 is 14.7 Å². The van der Waals surface area contributed by atoms with Gasteiger partial charge in [0.2, 0.25) is 9.84 Å². The molecule has 2 aromatic carbocycles. The molecule has 3 nitrogen and oxygen atoms in total. The van der Waals surface area contributed by atoms with Crippen LogP contribution in [0.5, 0.6) is 0 Å². The van der Waals surface area contributed by atoms with Crippen molar-refractivity contribution in [1.82, 2.24) is 0 Å². The van der Waals surface area contributed by atoms with Gasteiger partial charge in [-0.15, -0.1) is 0 Å². The van der Waals surface area contributed by atoms with Crippen LogP contribution < -0.4 is 0 Å². The van der Waals surface area contributed by atoms with E-state index in [0.717, 1.165) is 12.8 Å². The Morgan fingerprint density at radius 3 is 2.14 bits per heavy atom. The standard InChI is InChI=1S/C24H28O3S/c1-23(2)19-14-15-24(23,3)22(16-19)27-17-21(18-10-6-4-7-11-18)28(25,26)20-12-8-5-9-13-20/h4-13,17,19,22H,14-16H2,1-3H3/b21-17-/t19-,22+,24+/m0/s1. The molecule has 28 heavy (non-hydrogen) atoms. The van der Waals surface area contributed by atoms with Crippen LogP contribution in [0.25, 0.3) is 4.91 Å². The molecule has 0 unspecified atom stereocenters. The Kier molecular flexibility index (Phi) is 4.65. The number of rotatable bonds is 5. The van der Waals surface area contributed by atoms with Crippen LogP contribution in [0.2, 0.25) is 0 Å². The first-order valence-corrected chi connectivity index (χ1v) is 11.5. The van der Waals surface area contributed by atoms with Crippen molar-refractivity contribution < 1.29 is 13.2 Å². The van der Waals surface area contributed by atoms with Crippen LogP contribution in [-0.2, 0) is 14.6 Å². The number of ether oxygens (including phenoxy) is 1. The van der Waals surface area contributed by atoms with E-state index in [-0.39, 0.29) is 26.7 Å². The molecule has 0 N–H and O–H groups in total. The van der Waals surface area contributed by atoms with E-state index >= 15 is 0 Å². The molecule has 0 radical (unpaired) electrons. The van der Waals surface area contributed by atoms with E-state index in [9.17, 15) is 8.42 Å². The summed E-state index contributed by atoms with van der Waals surface area (Å²) in [5, 5.41) is 0. The highest BCUT2D eigenvalue weighted by atomic mass is 32.2. The number of sulfone groups is 1. The second-order valence-corrected chi connectivity index (χ2v) is 10.8. The minimum absolute atomic E-state index is 0.0472. The van der Waals surface area contributed by atoms with Gasteiger partial charge in [0.25, 0.3) is 0 Å². The maximum absolute atomic E-state index is 13.4. The fourth-order valence-electron chi connectivity index (χ4n) is 5.10. The van der Waals surface area contributed by atoms with E-state index in [4.69, 9.17) is 4.74 Å². The quantitative estimate of drug-likeness (QED) is 0.610. The van der Waals surface area contributed by atoms with E-state index in [1.54, 1.807) is 24.3 Å². The van der Waals surface area contributed by atoms with E-state index in [0.29, 0.717) is 11.5 Å². The third kappa shape index (κ3) is 2.89. The van der Waals surface area contributed by atoms with Gasteiger partial charge in [-0.2, -0.15) is 0 Å². The van der Waals surface area contributed by atoms with Crippen molar-refractivity contribution in [3.63, 3.8) is 0 Å². The van der Waals surface area contributed by atoms with Crippen LogP contribution in [0.3, 0.4) is 0 Å². The summed E-state index contributed by atoms with van der Waals surface area (Å²) in [6.07, 6.45) is 4.92. The number of fused-ring (bicyclic) bond motifs is 2. The molecule has 0 aromatic heterocycles. The van der Waals surface area contributed by atoms with Gasteiger partial charge in [0.1, 0.15) is 17.3 Å². The lowest BCUT2D eigenvalue weighted by molar-refractivity contribution is 0.00207. The van der Waals surface area contributed by atoms with E-state index in [2.05, 4.69) is 20.8 Å². The molecule has 0 amide bonds. The van der Waals surface area contributed by atoms with Gasteiger partial charge in [-0.1, -0.05) is 69.3 Å². The van der Waals surface area contributed by atoms with E-state index < -0.39 is 9.84 Å². The van der Waals surface area contributed by atoms with Crippen LogP contribution in [0.15, 0.2) is 71.8 Å². The lowest BCUT2D eigenvalue weighted by Crippen LogP contribution is -2.36. The topological polar surface area (TPSA) is 43.4 Å². The molecule has 2 aliphatic rings. The lowest BCUT2D eigenvalue weighted by atomic mass is 9.70. The molecule has 148 valence electrons. The highest BCUT2D eigenvalue weighted by molar-refractivity contribution is 8.00. The highest BCUT2D eigenvalue weighted by Crippen LogP contribution is 2.66. The van der Waals surface area contributed by atoms with Gasteiger partial charge in [0, 0.05) is 5.41 Å². The Hall–Kier alpha value is -2.07. The normalized spacial score (nSPS) is 29.0. The van der Waals surface area contributed by atoms with Gasteiger partial charge in [-0.05, 0) is 48.3 Å². The Balaban J connectivity index is 1.72. The molecule has 2 fully saturated rings. The van der Waals surface area contributed by atoms with Gasteiger partial charge in [-0.3, -0.25) is 0 Å². The minimum Gasteiger partial charge on any atom is -0.496 e. The second kappa shape index (κ2) is 6.77. The molecule has 0 aliphatic heterocycles. The van der Waals surface area contributed by atoms with Gasteiger partial charge in [-0.25, -0.2) is 8.42 Å². The summed E-state index contributed by atoms with van der Waals surface area (Å²) in [6.45, 7) is 6.96. The summed E-state index contributed by atoms with van der Waals surface area (Å²) in [7, 11) is -3.67. The largest absolute Gasteiger partial charge is 0.496 e. The molecule has 3 atom stereocenters. The van der Waals surface area contributed by atoms with E-state index in [1.807, 2.05) is 36.4 Å².